The molecular weight excluding hydrogens is 332 g/mol. The van der Waals surface area contributed by atoms with Gasteiger partial charge < -0.3 is 9.84 Å². The largest absolute Gasteiger partial charge is 0.355 e. The van der Waals surface area contributed by atoms with E-state index in [1.54, 1.807) is 42.7 Å². The molecule has 0 aliphatic carbocycles. The summed E-state index contributed by atoms with van der Waals surface area (Å²) in [6.45, 7) is 4.48. The number of nitrogens with zero attached hydrogens (tertiary/aromatic N) is 3. The third kappa shape index (κ3) is 5.07. The Morgan fingerprint density at radius 3 is 2.62 bits per heavy atom. The average molecular weight is 352 g/mol. The number of aromatic nitrogens is 2. The van der Waals surface area contributed by atoms with Gasteiger partial charge in [-0.1, -0.05) is 25.1 Å². The van der Waals surface area contributed by atoms with E-state index in [1.807, 2.05) is 26.0 Å². The lowest BCUT2D eigenvalue weighted by Gasteiger charge is -2.02. The predicted molar refractivity (Wildman–Crippen MR) is 99.0 cm³/mol. The van der Waals surface area contributed by atoms with Gasteiger partial charge in [0.1, 0.15) is 5.69 Å². The highest BCUT2D eigenvalue weighted by atomic mass is 16.5. The highest BCUT2D eigenvalue weighted by Gasteiger charge is 2.13. The Labute approximate surface area is 151 Å². The second-order valence-corrected chi connectivity index (χ2v) is 5.08. The summed E-state index contributed by atoms with van der Waals surface area (Å²) in [4.78, 5) is 26.5. The number of nitroso groups, excluding NO2 is 1. The predicted octanol–water partition coefficient (Wildman–Crippen LogP) is 4.13. The van der Waals surface area contributed by atoms with E-state index in [2.05, 4.69) is 20.6 Å². The van der Waals surface area contributed by atoms with Crippen LogP contribution in [-0.4, -0.2) is 22.6 Å². The van der Waals surface area contributed by atoms with Crippen LogP contribution in [0.1, 0.15) is 29.9 Å². The first-order chi connectivity index (χ1) is 12.8. The quantitative estimate of drug-likeness (QED) is 0.673. The molecular formula is C19H20N4O3. The molecule has 7 nitrogen and oxygen atoms in total. The molecule has 2 aromatic heterocycles. The highest BCUT2D eigenvalue weighted by Crippen LogP contribution is 2.23. The van der Waals surface area contributed by atoms with E-state index in [0.717, 1.165) is 5.56 Å². The monoisotopic (exact) mass is 352 g/mol. The topological polar surface area (TPSA) is 97.5 Å². The van der Waals surface area contributed by atoms with Gasteiger partial charge in [-0.3, -0.25) is 9.78 Å². The van der Waals surface area contributed by atoms with E-state index in [-0.39, 0.29) is 11.6 Å². The van der Waals surface area contributed by atoms with Gasteiger partial charge in [-0.05, 0) is 47.5 Å². The van der Waals surface area contributed by atoms with Crippen molar-refractivity contribution in [2.45, 2.75) is 20.3 Å². The first-order valence-electron chi connectivity index (χ1n) is 8.34. The Kier molecular flexibility index (Phi) is 7.17. The van der Waals surface area contributed by atoms with Crippen molar-refractivity contribution >= 4 is 11.6 Å². The van der Waals surface area contributed by atoms with Crippen molar-refractivity contribution in [3.63, 3.8) is 0 Å². The fraction of sp³-hybridized carbons (Fsp3) is 0.211. The first-order valence-corrected chi connectivity index (χ1v) is 8.34. The standard InChI is InChI=1S/C17H14N4O3.C2H6/c22-17(19-9-7-12-2-1-8-18-11-12)15-10-16(24-21-15)13-3-5-14(20-23)6-4-13;1-2/h1-6,8,10-11H,7,9H2,(H,19,22);1-2H3. The van der Waals surface area contributed by atoms with Crippen molar-refractivity contribution in [3.05, 3.63) is 71.0 Å². The Balaban J connectivity index is 0.00000117. The average Bonchev–Trinajstić information content (AvgIpc) is 3.21. The number of hydrogen-bond donors (Lipinski definition) is 1. The number of carbonyl (C=O) groups is 1. The molecule has 134 valence electrons. The smallest absolute Gasteiger partial charge is 0.273 e. The molecule has 0 radical (unpaired) electrons. The number of carbonyl (C=O) groups excluding carboxylic acids is 1. The third-order valence-corrected chi connectivity index (χ3v) is 3.42. The van der Waals surface area contributed by atoms with E-state index in [0.29, 0.717) is 30.0 Å². The second kappa shape index (κ2) is 9.83. The number of hydrogen-bond acceptors (Lipinski definition) is 6. The maximum atomic E-state index is 12.1. The van der Waals surface area contributed by atoms with E-state index in [9.17, 15) is 9.70 Å². The lowest BCUT2D eigenvalue weighted by Crippen LogP contribution is -2.25. The Hall–Kier alpha value is -3.35. The number of rotatable bonds is 6. The van der Waals surface area contributed by atoms with Crippen LogP contribution >= 0.6 is 0 Å². The van der Waals surface area contributed by atoms with Crippen molar-refractivity contribution in [3.8, 4) is 11.3 Å². The molecule has 0 fully saturated rings. The highest BCUT2D eigenvalue weighted by molar-refractivity contribution is 5.93. The van der Waals surface area contributed by atoms with Crippen LogP contribution in [0.2, 0.25) is 0 Å². The van der Waals surface area contributed by atoms with Crippen molar-refractivity contribution in [2.75, 3.05) is 6.54 Å². The molecule has 0 saturated carbocycles. The van der Waals surface area contributed by atoms with Gasteiger partial charge in [-0.15, -0.1) is 4.91 Å². The first kappa shape index (κ1) is 19.0. The zero-order valence-electron chi connectivity index (χ0n) is 14.7. The Bertz CT molecular complexity index is 830. The summed E-state index contributed by atoms with van der Waals surface area (Å²) in [7, 11) is 0. The van der Waals surface area contributed by atoms with Gasteiger partial charge in [0, 0.05) is 30.6 Å². The van der Waals surface area contributed by atoms with Crippen molar-refractivity contribution in [1.82, 2.24) is 15.5 Å². The van der Waals surface area contributed by atoms with Crippen LogP contribution in [0.25, 0.3) is 11.3 Å². The molecule has 0 spiro atoms. The third-order valence-electron chi connectivity index (χ3n) is 3.42. The molecule has 7 heteroatoms. The summed E-state index contributed by atoms with van der Waals surface area (Å²) in [5, 5.41) is 9.39. The van der Waals surface area contributed by atoms with Crippen molar-refractivity contribution in [1.29, 1.82) is 0 Å². The molecule has 26 heavy (non-hydrogen) atoms. The van der Waals surface area contributed by atoms with Crippen LogP contribution in [-0.2, 0) is 6.42 Å². The molecule has 3 aromatic rings. The fourth-order valence-corrected chi connectivity index (χ4v) is 2.16. The normalized spacial score (nSPS) is 9.77. The van der Waals surface area contributed by atoms with Gasteiger partial charge in [0.25, 0.3) is 5.91 Å². The van der Waals surface area contributed by atoms with Gasteiger partial charge in [-0.2, -0.15) is 0 Å². The zero-order chi connectivity index (χ0) is 18.8. The van der Waals surface area contributed by atoms with Crippen LogP contribution < -0.4 is 5.32 Å². The minimum absolute atomic E-state index is 0.203. The molecule has 0 saturated heterocycles. The van der Waals surface area contributed by atoms with Gasteiger partial charge in [0.15, 0.2) is 11.5 Å². The lowest BCUT2D eigenvalue weighted by atomic mass is 10.1. The number of benzene rings is 1. The van der Waals surface area contributed by atoms with Crippen molar-refractivity contribution < 1.29 is 9.32 Å². The van der Waals surface area contributed by atoms with E-state index >= 15 is 0 Å². The summed E-state index contributed by atoms with van der Waals surface area (Å²) in [6, 6.07) is 11.9. The van der Waals surface area contributed by atoms with Crippen LogP contribution in [0.15, 0.2) is 64.6 Å². The summed E-state index contributed by atoms with van der Waals surface area (Å²) >= 11 is 0. The Morgan fingerprint density at radius 2 is 1.96 bits per heavy atom. The van der Waals surface area contributed by atoms with Gasteiger partial charge in [0.05, 0.1) is 0 Å². The lowest BCUT2D eigenvalue weighted by molar-refractivity contribution is 0.0945. The molecule has 0 aliphatic heterocycles. The number of pyridine rings is 1. The molecule has 1 aromatic carbocycles. The molecule has 0 aliphatic rings. The number of amides is 1. The summed E-state index contributed by atoms with van der Waals surface area (Å²) < 4.78 is 5.18. The maximum absolute atomic E-state index is 12.1. The van der Waals surface area contributed by atoms with Crippen LogP contribution in [0, 0.1) is 4.91 Å². The van der Waals surface area contributed by atoms with Crippen LogP contribution in [0.3, 0.4) is 0 Å². The van der Waals surface area contributed by atoms with Crippen LogP contribution in [0.5, 0.6) is 0 Å². The minimum atomic E-state index is -0.305. The van der Waals surface area contributed by atoms with E-state index in [1.165, 1.54) is 0 Å². The molecule has 1 N–H and O–H groups in total. The van der Waals surface area contributed by atoms with Gasteiger partial charge in [-0.25, -0.2) is 0 Å². The van der Waals surface area contributed by atoms with Gasteiger partial charge >= 0.3 is 0 Å². The summed E-state index contributed by atoms with van der Waals surface area (Å²) in [6.07, 6.45) is 4.15. The minimum Gasteiger partial charge on any atom is -0.355 e. The van der Waals surface area contributed by atoms with E-state index < -0.39 is 0 Å². The van der Waals surface area contributed by atoms with Crippen LogP contribution in [0.4, 0.5) is 5.69 Å². The molecule has 3 rings (SSSR count). The molecule has 0 bridgehead atoms. The van der Waals surface area contributed by atoms with Gasteiger partial charge in [0.2, 0.25) is 0 Å². The SMILES string of the molecule is CC.O=Nc1ccc(-c2cc(C(=O)NCCc3cccnc3)no2)cc1. The maximum Gasteiger partial charge on any atom is 0.273 e. The Morgan fingerprint density at radius 1 is 1.19 bits per heavy atom. The fourth-order valence-electron chi connectivity index (χ4n) is 2.16. The molecule has 0 atom stereocenters. The molecule has 0 unspecified atom stereocenters. The summed E-state index contributed by atoms with van der Waals surface area (Å²) in [5.41, 5.74) is 2.28. The molecule has 2 heterocycles. The molecule has 1 amide bonds. The second-order valence-electron chi connectivity index (χ2n) is 5.08. The number of nitrogens with one attached hydrogen (secondary N) is 1. The van der Waals surface area contributed by atoms with Crippen molar-refractivity contribution in [2.24, 2.45) is 5.18 Å². The summed E-state index contributed by atoms with van der Waals surface area (Å²) in [5.74, 6) is 0.143. The van der Waals surface area contributed by atoms with E-state index in [4.69, 9.17) is 4.52 Å². The zero-order valence-corrected chi connectivity index (χ0v) is 14.7.